The number of para-hydroxylation sites is 2. The summed E-state index contributed by atoms with van der Waals surface area (Å²) in [6.45, 7) is 0.465. The summed E-state index contributed by atoms with van der Waals surface area (Å²) in [4.78, 5) is 23.3. The number of H-pyrrole nitrogens is 1. The Morgan fingerprint density at radius 3 is 3.00 bits per heavy atom. The Bertz CT molecular complexity index is 1020. The monoisotopic (exact) mass is 310 g/mol. The first-order chi connectivity index (χ1) is 11.2. The van der Waals surface area contributed by atoms with Crippen LogP contribution in [0.5, 0.6) is 0 Å². The Morgan fingerprint density at radius 2 is 2.17 bits per heavy atom. The van der Waals surface area contributed by atoms with Gasteiger partial charge in [-0.15, -0.1) is 0 Å². The topological polar surface area (TPSA) is 94.5 Å². The summed E-state index contributed by atoms with van der Waals surface area (Å²) >= 11 is 0. The number of fused-ring (bicyclic) bond motifs is 1. The molecule has 0 saturated carbocycles. The van der Waals surface area contributed by atoms with Crippen molar-refractivity contribution in [3.05, 3.63) is 53.2 Å². The van der Waals surface area contributed by atoms with Crippen molar-refractivity contribution in [1.29, 1.82) is 0 Å². The van der Waals surface area contributed by atoms with Crippen molar-refractivity contribution in [2.45, 2.75) is 13.0 Å². The van der Waals surface area contributed by atoms with E-state index in [1.54, 1.807) is 10.9 Å². The molecule has 0 radical (unpaired) electrons. The van der Waals surface area contributed by atoms with Crippen molar-refractivity contribution in [2.24, 2.45) is 7.05 Å². The zero-order valence-corrected chi connectivity index (χ0v) is 12.4. The molecule has 0 atom stereocenters. The summed E-state index contributed by atoms with van der Waals surface area (Å²) in [6, 6.07) is 7.57. The first kappa shape index (κ1) is 13.5. The van der Waals surface area contributed by atoms with Gasteiger partial charge in [0.1, 0.15) is 5.69 Å². The van der Waals surface area contributed by atoms with Gasteiger partial charge in [0.05, 0.1) is 17.4 Å². The Balaban J connectivity index is 1.56. The van der Waals surface area contributed by atoms with Crippen LogP contribution in [0.25, 0.3) is 22.6 Å². The standard InChI is InChI=1S/C15H14N6O2/c1-20-8-11(16-9-20)14-18-13(23-19-14)6-7-21-12-5-3-2-4-10(12)17-15(21)22/h2-5,8-9H,6-7H2,1H3,(H,17,22). The van der Waals surface area contributed by atoms with Gasteiger partial charge >= 0.3 is 5.69 Å². The Kier molecular flexibility index (Phi) is 3.07. The molecule has 4 aromatic rings. The third-order valence-electron chi connectivity index (χ3n) is 3.63. The predicted molar refractivity (Wildman–Crippen MR) is 82.8 cm³/mol. The third kappa shape index (κ3) is 2.44. The molecule has 3 aromatic heterocycles. The van der Waals surface area contributed by atoms with Crippen molar-refractivity contribution in [3.63, 3.8) is 0 Å². The highest BCUT2D eigenvalue weighted by atomic mass is 16.5. The fraction of sp³-hybridized carbons (Fsp3) is 0.200. The maximum Gasteiger partial charge on any atom is 0.326 e. The highest BCUT2D eigenvalue weighted by Gasteiger charge is 2.12. The van der Waals surface area contributed by atoms with E-state index < -0.39 is 0 Å². The maximum absolute atomic E-state index is 12.0. The summed E-state index contributed by atoms with van der Waals surface area (Å²) in [7, 11) is 1.88. The second-order valence-corrected chi connectivity index (χ2v) is 5.29. The molecule has 23 heavy (non-hydrogen) atoms. The summed E-state index contributed by atoms with van der Waals surface area (Å²) < 4.78 is 8.73. The number of aromatic amines is 1. The van der Waals surface area contributed by atoms with Gasteiger partial charge in [-0.25, -0.2) is 9.78 Å². The van der Waals surface area contributed by atoms with E-state index in [0.717, 1.165) is 11.0 Å². The lowest BCUT2D eigenvalue weighted by atomic mass is 10.3. The molecular weight excluding hydrogens is 296 g/mol. The van der Waals surface area contributed by atoms with Crippen LogP contribution in [0.4, 0.5) is 0 Å². The second kappa shape index (κ2) is 5.24. The number of benzene rings is 1. The Morgan fingerprint density at radius 1 is 1.30 bits per heavy atom. The van der Waals surface area contributed by atoms with Crippen LogP contribution in [-0.4, -0.2) is 29.2 Å². The van der Waals surface area contributed by atoms with Crippen molar-refractivity contribution in [3.8, 4) is 11.5 Å². The number of aromatic nitrogens is 6. The zero-order chi connectivity index (χ0) is 15.8. The van der Waals surface area contributed by atoms with Gasteiger partial charge < -0.3 is 14.1 Å². The van der Waals surface area contributed by atoms with Gasteiger partial charge in [0, 0.05) is 26.2 Å². The minimum absolute atomic E-state index is 0.143. The lowest BCUT2D eigenvalue weighted by Gasteiger charge is -1.99. The van der Waals surface area contributed by atoms with Crippen molar-refractivity contribution < 1.29 is 4.52 Å². The first-order valence-electron chi connectivity index (χ1n) is 7.19. The average Bonchev–Trinajstić information content (AvgIpc) is 3.23. The highest BCUT2D eigenvalue weighted by molar-refractivity contribution is 5.74. The number of rotatable bonds is 4. The largest absolute Gasteiger partial charge is 0.340 e. The van der Waals surface area contributed by atoms with E-state index in [0.29, 0.717) is 30.4 Å². The molecule has 0 bridgehead atoms. The highest BCUT2D eigenvalue weighted by Crippen LogP contribution is 2.14. The molecule has 0 spiro atoms. The van der Waals surface area contributed by atoms with Gasteiger partial charge in [-0.3, -0.25) is 4.57 Å². The minimum atomic E-state index is -0.143. The van der Waals surface area contributed by atoms with Crippen LogP contribution in [-0.2, 0) is 20.0 Å². The van der Waals surface area contributed by atoms with E-state index in [1.165, 1.54) is 0 Å². The predicted octanol–water partition coefficient (Wildman–Crippen LogP) is 1.36. The number of hydrogen-bond donors (Lipinski definition) is 1. The summed E-state index contributed by atoms with van der Waals surface area (Å²) in [6.07, 6.45) is 3.97. The van der Waals surface area contributed by atoms with Crippen LogP contribution < -0.4 is 5.69 Å². The van der Waals surface area contributed by atoms with Crippen molar-refractivity contribution in [1.82, 2.24) is 29.2 Å². The van der Waals surface area contributed by atoms with Crippen LogP contribution in [0.1, 0.15) is 5.89 Å². The van der Waals surface area contributed by atoms with E-state index >= 15 is 0 Å². The van der Waals surface area contributed by atoms with E-state index in [-0.39, 0.29) is 5.69 Å². The number of hydrogen-bond acceptors (Lipinski definition) is 5. The van der Waals surface area contributed by atoms with Crippen LogP contribution in [0.2, 0.25) is 0 Å². The molecule has 0 amide bonds. The second-order valence-electron chi connectivity index (χ2n) is 5.29. The fourth-order valence-electron chi connectivity index (χ4n) is 2.52. The van der Waals surface area contributed by atoms with Crippen LogP contribution in [0.15, 0.2) is 46.1 Å². The summed E-state index contributed by atoms with van der Waals surface area (Å²) in [5.41, 5.74) is 2.20. The SMILES string of the molecule is Cn1cnc(-c2noc(CCn3c(=O)[nH]c4ccccc43)n2)c1. The minimum Gasteiger partial charge on any atom is -0.340 e. The molecule has 0 aliphatic rings. The van der Waals surface area contributed by atoms with Crippen LogP contribution >= 0.6 is 0 Å². The molecule has 0 saturated heterocycles. The van der Waals surface area contributed by atoms with Gasteiger partial charge in [-0.1, -0.05) is 17.3 Å². The van der Waals surface area contributed by atoms with Crippen LogP contribution in [0.3, 0.4) is 0 Å². The van der Waals surface area contributed by atoms with E-state index in [9.17, 15) is 4.79 Å². The molecule has 1 aromatic carbocycles. The quantitative estimate of drug-likeness (QED) is 0.614. The number of aryl methyl sites for hydroxylation is 3. The molecule has 1 N–H and O–H groups in total. The smallest absolute Gasteiger partial charge is 0.326 e. The fourth-order valence-corrected chi connectivity index (χ4v) is 2.52. The van der Waals surface area contributed by atoms with E-state index in [2.05, 4.69) is 20.1 Å². The van der Waals surface area contributed by atoms with Gasteiger partial charge in [0.25, 0.3) is 0 Å². The molecule has 0 aliphatic heterocycles. The maximum atomic E-state index is 12.0. The van der Waals surface area contributed by atoms with Crippen LogP contribution in [0, 0.1) is 0 Å². The first-order valence-corrected chi connectivity index (χ1v) is 7.19. The van der Waals surface area contributed by atoms with Gasteiger partial charge in [-0.05, 0) is 12.1 Å². The molecule has 3 heterocycles. The molecule has 8 nitrogen and oxygen atoms in total. The summed E-state index contributed by atoms with van der Waals surface area (Å²) in [5.74, 6) is 0.926. The zero-order valence-electron chi connectivity index (χ0n) is 12.4. The summed E-state index contributed by atoms with van der Waals surface area (Å²) in [5, 5.41) is 3.93. The van der Waals surface area contributed by atoms with Gasteiger partial charge in [0.15, 0.2) is 0 Å². The lowest BCUT2D eigenvalue weighted by molar-refractivity contribution is 0.372. The molecular formula is C15H14N6O2. The third-order valence-corrected chi connectivity index (χ3v) is 3.63. The molecule has 116 valence electrons. The molecule has 8 heteroatoms. The van der Waals surface area contributed by atoms with E-state index in [1.807, 2.05) is 42.1 Å². The van der Waals surface area contributed by atoms with Crippen molar-refractivity contribution >= 4 is 11.0 Å². The van der Waals surface area contributed by atoms with Crippen molar-refractivity contribution in [2.75, 3.05) is 0 Å². The lowest BCUT2D eigenvalue weighted by Crippen LogP contribution is -2.17. The normalized spacial score (nSPS) is 11.3. The molecule has 0 unspecified atom stereocenters. The van der Waals surface area contributed by atoms with Gasteiger partial charge in [-0.2, -0.15) is 4.98 Å². The number of imidazole rings is 2. The Labute approximate surface area is 130 Å². The number of nitrogens with zero attached hydrogens (tertiary/aromatic N) is 5. The molecule has 0 fully saturated rings. The molecule has 4 rings (SSSR count). The molecule has 0 aliphatic carbocycles. The number of nitrogens with one attached hydrogen (secondary N) is 1. The Hall–Kier alpha value is -3.16. The van der Waals surface area contributed by atoms with Gasteiger partial charge in [0.2, 0.25) is 11.7 Å². The van der Waals surface area contributed by atoms with E-state index in [4.69, 9.17) is 4.52 Å². The average molecular weight is 310 g/mol.